The second kappa shape index (κ2) is 8.38. The lowest BCUT2D eigenvalue weighted by Gasteiger charge is -2.40. The van der Waals surface area contributed by atoms with E-state index in [1.165, 1.54) is 16.7 Å². The van der Waals surface area contributed by atoms with Gasteiger partial charge in [-0.1, -0.05) is 37.1 Å². The zero-order chi connectivity index (χ0) is 18.7. The van der Waals surface area contributed by atoms with Crippen molar-refractivity contribution >= 4 is 10.0 Å². The summed E-state index contributed by atoms with van der Waals surface area (Å²) in [6.45, 7) is 5.85. The van der Waals surface area contributed by atoms with Crippen LogP contribution in [0.3, 0.4) is 0 Å². The Bertz CT molecular complexity index is 712. The van der Waals surface area contributed by atoms with Crippen LogP contribution in [-0.4, -0.2) is 44.2 Å². The predicted molar refractivity (Wildman–Crippen MR) is 105 cm³/mol. The molecule has 0 aromatic heterocycles. The van der Waals surface area contributed by atoms with Crippen LogP contribution in [0.5, 0.6) is 0 Å². The standard InChI is InChI=1S/C20H32N2O3S/c1-3-4-11-26(23,24)22-9-7-16(8-10-22)19-13-17-12-15(2)5-6-18(17)20(14-21)25-19/h5-6,12,16,19-20H,3-4,7-11,13-14,21H2,1-2H3/t19-,20-/m0/s1. The van der Waals surface area contributed by atoms with E-state index >= 15 is 0 Å². The van der Waals surface area contributed by atoms with Gasteiger partial charge in [0, 0.05) is 19.6 Å². The third-order valence-corrected chi connectivity index (χ3v) is 7.75. The van der Waals surface area contributed by atoms with Crippen molar-refractivity contribution in [1.29, 1.82) is 0 Å². The van der Waals surface area contributed by atoms with Crippen molar-refractivity contribution in [3.63, 3.8) is 0 Å². The molecule has 2 heterocycles. The third kappa shape index (κ3) is 4.30. The Morgan fingerprint density at radius 1 is 1.27 bits per heavy atom. The molecule has 0 amide bonds. The summed E-state index contributed by atoms with van der Waals surface area (Å²) in [7, 11) is -3.10. The van der Waals surface area contributed by atoms with E-state index in [1.807, 2.05) is 6.92 Å². The molecule has 0 radical (unpaired) electrons. The van der Waals surface area contributed by atoms with E-state index in [9.17, 15) is 8.42 Å². The minimum Gasteiger partial charge on any atom is -0.368 e. The van der Waals surface area contributed by atoms with Gasteiger partial charge in [-0.2, -0.15) is 0 Å². The zero-order valence-corrected chi connectivity index (χ0v) is 16.8. The van der Waals surface area contributed by atoms with Crippen LogP contribution in [0, 0.1) is 12.8 Å². The van der Waals surface area contributed by atoms with Crippen LogP contribution in [0.1, 0.15) is 55.4 Å². The fraction of sp³-hybridized carbons (Fsp3) is 0.700. The van der Waals surface area contributed by atoms with Crippen LogP contribution in [0.2, 0.25) is 0 Å². The number of benzene rings is 1. The lowest BCUT2D eigenvalue weighted by Crippen LogP contribution is -2.44. The van der Waals surface area contributed by atoms with Gasteiger partial charge in [-0.3, -0.25) is 0 Å². The van der Waals surface area contributed by atoms with Gasteiger partial charge in [0.05, 0.1) is 18.0 Å². The van der Waals surface area contributed by atoms with Crippen LogP contribution in [-0.2, 0) is 21.2 Å². The van der Waals surface area contributed by atoms with Gasteiger partial charge in [0.1, 0.15) is 0 Å². The molecule has 26 heavy (non-hydrogen) atoms. The van der Waals surface area contributed by atoms with Gasteiger partial charge < -0.3 is 10.5 Å². The molecule has 2 atom stereocenters. The van der Waals surface area contributed by atoms with Gasteiger partial charge in [0.15, 0.2) is 0 Å². The Balaban J connectivity index is 1.65. The Hall–Kier alpha value is -0.950. The fourth-order valence-electron chi connectivity index (χ4n) is 4.22. The molecule has 0 bridgehead atoms. The molecule has 2 aliphatic heterocycles. The number of ether oxygens (including phenoxy) is 1. The molecule has 1 fully saturated rings. The molecule has 3 rings (SSSR count). The first-order valence-corrected chi connectivity index (χ1v) is 11.5. The quantitative estimate of drug-likeness (QED) is 0.824. The summed E-state index contributed by atoms with van der Waals surface area (Å²) in [5, 5.41) is 0. The molecule has 2 aliphatic rings. The summed E-state index contributed by atoms with van der Waals surface area (Å²) in [5.41, 5.74) is 9.78. The SMILES string of the molecule is CCCCS(=O)(=O)N1CCC([C@@H]2Cc3cc(C)ccc3[C@H](CN)O2)CC1. The van der Waals surface area contributed by atoms with E-state index in [-0.39, 0.29) is 18.0 Å². The second-order valence-corrected chi connectivity index (χ2v) is 9.80. The molecular weight excluding hydrogens is 348 g/mol. The summed E-state index contributed by atoms with van der Waals surface area (Å²) >= 11 is 0. The van der Waals surface area contributed by atoms with Crippen molar-refractivity contribution < 1.29 is 13.2 Å². The molecule has 1 saturated heterocycles. The van der Waals surface area contributed by atoms with Crippen molar-refractivity contribution in [3.05, 3.63) is 34.9 Å². The van der Waals surface area contributed by atoms with Gasteiger partial charge in [-0.05, 0) is 49.7 Å². The van der Waals surface area contributed by atoms with E-state index in [0.29, 0.717) is 25.6 Å². The second-order valence-electron chi connectivity index (χ2n) is 7.71. The molecule has 0 saturated carbocycles. The largest absolute Gasteiger partial charge is 0.368 e. The van der Waals surface area contributed by atoms with Crippen LogP contribution < -0.4 is 5.73 Å². The summed E-state index contributed by atoms with van der Waals surface area (Å²) < 4.78 is 32.8. The highest BCUT2D eigenvalue weighted by Gasteiger charge is 2.36. The van der Waals surface area contributed by atoms with E-state index < -0.39 is 10.0 Å². The van der Waals surface area contributed by atoms with Crippen LogP contribution in [0.4, 0.5) is 0 Å². The molecule has 0 spiro atoms. The Morgan fingerprint density at radius 3 is 2.65 bits per heavy atom. The minimum atomic E-state index is -3.10. The van der Waals surface area contributed by atoms with Gasteiger partial charge in [0.2, 0.25) is 10.0 Å². The molecule has 146 valence electrons. The van der Waals surface area contributed by atoms with Crippen LogP contribution >= 0.6 is 0 Å². The number of hydrogen-bond donors (Lipinski definition) is 1. The van der Waals surface area contributed by atoms with Gasteiger partial charge >= 0.3 is 0 Å². The zero-order valence-electron chi connectivity index (χ0n) is 16.0. The number of rotatable bonds is 6. The maximum atomic E-state index is 12.4. The summed E-state index contributed by atoms with van der Waals surface area (Å²) in [6, 6.07) is 6.50. The molecule has 0 aliphatic carbocycles. The first-order valence-electron chi connectivity index (χ1n) is 9.87. The first kappa shape index (κ1) is 19.8. The van der Waals surface area contributed by atoms with Crippen molar-refractivity contribution in [1.82, 2.24) is 4.31 Å². The van der Waals surface area contributed by atoms with E-state index in [2.05, 4.69) is 25.1 Å². The maximum Gasteiger partial charge on any atom is 0.214 e. The number of nitrogens with zero attached hydrogens (tertiary/aromatic N) is 1. The number of fused-ring (bicyclic) bond motifs is 1. The summed E-state index contributed by atoms with van der Waals surface area (Å²) in [5.74, 6) is 0.672. The first-order chi connectivity index (χ1) is 12.4. The number of sulfonamides is 1. The Kier molecular flexibility index (Phi) is 6.38. The topological polar surface area (TPSA) is 72.6 Å². The van der Waals surface area contributed by atoms with Crippen molar-refractivity contribution in [2.24, 2.45) is 11.7 Å². The van der Waals surface area contributed by atoms with Crippen molar-refractivity contribution in [3.8, 4) is 0 Å². The van der Waals surface area contributed by atoms with Crippen molar-refractivity contribution in [2.75, 3.05) is 25.4 Å². The summed E-state index contributed by atoms with van der Waals surface area (Å²) in [4.78, 5) is 0. The van der Waals surface area contributed by atoms with Gasteiger partial charge in [-0.25, -0.2) is 12.7 Å². The number of aryl methyl sites for hydroxylation is 1. The average Bonchev–Trinajstić information content (AvgIpc) is 2.65. The molecule has 6 heteroatoms. The van der Waals surface area contributed by atoms with E-state index in [0.717, 1.165) is 32.1 Å². The maximum absolute atomic E-state index is 12.4. The van der Waals surface area contributed by atoms with Crippen molar-refractivity contribution in [2.45, 2.75) is 58.2 Å². The third-order valence-electron chi connectivity index (χ3n) is 5.79. The lowest BCUT2D eigenvalue weighted by molar-refractivity contribution is -0.0607. The number of hydrogen-bond acceptors (Lipinski definition) is 4. The minimum absolute atomic E-state index is 0.0457. The Morgan fingerprint density at radius 2 is 2.00 bits per heavy atom. The van der Waals surface area contributed by atoms with Crippen LogP contribution in [0.15, 0.2) is 18.2 Å². The molecule has 1 aromatic carbocycles. The molecule has 2 N–H and O–H groups in total. The Labute approximate surface area is 158 Å². The number of nitrogens with two attached hydrogens (primary N) is 1. The highest BCUT2D eigenvalue weighted by Crippen LogP contribution is 2.36. The highest BCUT2D eigenvalue weighted by molar-refractivity contribution is 7.89. The highest BCUT2D eigenvalue weighted by atomic mass is 32.2. The molecular formula is C20H32N2O3S. The molecule has 1 aromatic rings. The smallest absolute Gasteiger partial charge is 0.214 e. The fourth-order valence-corrected chi connectivity index (χ4v) is 5.90. The predicted octanol–water partition coefficient (Wildman–Crippen LogP) is 2.78. The average molecular weight is 381 g/mol. The summed E-state index contributed by atoms with van der Waals surface area (Å²) in [6.07, 6.45) is 4.38. The monoisotopic (exact) mass is 380 g/mol. The molecule has 5 nitrogen and oxygen atoms in total. The number of unbranched alkanes of at least 4 members (excludes halogenated alkanes) is 1. The normalized spacial score (nSPS) is 25.2. The van der Waals surface area contributed by atoms with Gasteiger partial charge in [-0.15, -0.1) is 0 Å². The lowest BCUT2D eigenvalue weighted by atomic mass is 9.84. The van der Waals surface area contributed by atoms with E-state index in [1.54, 1.807) is 4.31 Å². The van der Waals surface area contributed by atoms with Gasteiger partial charge in [0.25, 0.3) is 0 Å². The van der Waals surface area contributed by atoms with E-state index in [4.69, 9.17) is 10.5 Å². The molecule has 0 unspecified atom stereocenters. The number of piperidine rings is 1. The van der Waals surface area contributed by atoms with Crippen LogP contribution in [0.25, 0.3) is 0 Å².